The fourth-order valence-corrected chi connectivity index (χ4v) is 1.35. The van der Waals surface area contributed by atoms with Crippen LogP contribution in [0.5, 0.6) is 0 Å². The van der Waals surface area contributed by atoms with Crippen LogP contribution < -0.4 is 5.32 Å². The van der Waals surface area contributed by atoms with E-state index in [1.807, 2.05) is 0 Å². The number of halogens is 1. The third-order valence-corrected chi connectivity index (χ3v) is 2.10. The van der Waals surface area contributed by atoms with Crippen molar-refractivity contribution in [2.24, 2.45) is 0 Å². The molecule has 1 aromatic carbocycles. The van der Waals surface area contributed by atoms with Crippen molar-refractivity contribution >= 4 is 6.09 Å². The van der Waals surface area contributed by atoms with E-state index in [1.54, 1.807) is 26.8 Å². The van der Waals surface area contributed by atoms with Gasteiger partial charge in [-0.05, 0) is 26.8 Å². The van der Waals surface area contributed by atoms with Crippen LogP contribution in [0.3, 0.4) is 0 Å². The molecule has 0 aliphatic rings. The third kappa shape index (κ3) is 4.71. The second-order valence-electron chi connectivity index (χ2n) is 4.92. The zero-order valence-corrected chi connectivity index (χ0v) is 10.7. The van der Waals surface area contributed by atoms with Gasteiger partial charge in [-0.15, -0.1) is 0 Å². The van der Waals surface area contributed by atoms with E-state index in [2.05, 4.69) is 5.32 Å². The second-order valence-corrected chi connectivity index (χ2v) is 4.92. The average molecular weight is 255 g/mol. The monoisotopic (exact) mass is 255 g/mol. The Balaban J connectivity index is 2.49. The molecule has 1 amide bonds. The van der Waals surface area contributed by atoms with E-state index in [4.69, 9.17) is 4.74 Å². The van der Waals surface area contributed by atoms with Gasteiger partial charge in [0, 0.05) is 5.56 Å². The number of benzene rings is 1. The molecule has 0 saturated heterocycles. The molecule has 4 nitrogen and oxygen atoms in total. The molecule has 1 atom stereocenters. The van der Waals surface area contributed by atoms with Gasteiger partial charge >= 0.3 is 6.09 Å². The van der Waals surface area contributed by atoms with Gasteiger partial charge < -0.3 is 15.2 Å². The Bertz CT molecular complexity index is 415. The van der Waals surface area contributed by atoms with Crippen molar-refractivity contribution in [2.45, 2.75) is 32.5 Å². The molecular formula is C13H18FNO3. The molecule has 0 aliphatic heterocycles. The van der Waals surface area contributed by atoms with Crippen LogP contribution in [0.15, 0.2) is 24.3 Å². The maximum Gasteiger partial charge on any atom is 0.407 e. The minimum absolute atomic E-state index is 0.101. The van der Waals surface area contributed by atoms with Crippen molar-refractivity contribution in [2.75, 3.05) is 6.54 Å². The molecule has 0 spiro atoms. The minimum Gasteiger partial charge on any atom is -0.444 e. The maximum absolute atomic E-state index is 13.3. The molecule has 0 aromatic heterocycles. The maximum atomic E-state index is 13.3. The van der Waals surface area contributed by atoms with Gasteiger partial charge in [-0.25, -0.2) is 9.18 Å². The number of carbonyl (C=O) groups excluding carboxylic acids is 1. The van der Waals surface area contributed by atoms with Gasteiger partial charge in [0.2, 0.25) is 0 Å². The number of hydrogen-bond acceptors (Lipinski definition) is 3. The standard InChI is InChI=1S/C13H18FNO3/c1-13(2,3)18-12(17)15-8-11(16)9-6-4-5-7-10(9)14/h4-7,11,16H,8H2,1-3H3,(H,15,17). The molecule has 1 aromatic rings. The smallest absolute Gasteiger partial charge is 0.407 e. The highest BCUT2D eigenvalue weighted by Gasteiger charge is 2.18. The molecule has 1 unspecified atom stereocenters. The highest BCUT2D eigenvalue weighted by molar-refractivity contribution is 5.67. The fraction of sp³-hybridized carbons (Fsp3) is 0.462. The first-order chi connectivity index (χ1) is 8.29. The Labute approximate surface area is 106 Å². The Morgan fingerprint density at radius 1 is 1.44 bits per heavy atom. The summed E-state index contributed by atoms with van der Waals surface area (Å²) in [6, 6.07) is 5.88. The number of aliphatic hydroxyl groups excluding tert-OH is 1. The Morgan fingerprint density at radius 2 is 2.06 bits per heavy atom. The molecular weight excluding hydrogens is 237 g/mol. The van der Waals surface area contributed by atoms with Crippen molar-refractivity contribution < 1.29 is 19.0 Å². The van der Waals surface area contributed by atoms with Crippen molar-refractivity contribution in [3.8, 4) is 0 Å². The van der Waals surface area contributed by atoms with Crippen LogP contribution in [-0.4, -0.2) is 23.3 Å². The van der Waals surface area contributed by atoms with E-state index in [0.29, 0.717) is 0 Å². The van der Waals surface area contributed by atoms with Crippen LogP contribution in [0, 0.1) is 5.82 Å². The van der Waals surface area contributed by atoms with E-state index in [1.165, 1.54) is 18.2 Å². The third-order valence-electron chi connectivity index (χ3n) is 2.10. The van der Waals surface area contributed by atoms with Crippen LogP contribution in [0.25, 0.3) is 0 Å². The summed E-state index contributed by atoms with van der Waals surface area (Å²) in [6.07, 6.45) is -1.74. The Morgan fingerprint density at radius 3 is 2.61 bits per heavy atom. The Hall–Kier alpha value is -1.62. The van der Waals surface area contributed by atoms with E-state index >= 15 is 0 Å². The zero-order valence-electron chi connectivity index (χ0n) is 10.7. The van der Waals surface area contributed by atoms with Gasteiger partial charge in [-0.2, -0.15) is 0 Å². The lowest BCUT2D eigenvalue weighted by molar-refractivity contribution is 0.0490. The summed E-state index contributed by atoms with van der Waals surface area (Å²) >= 11 is 0. The number of rotatable bonds is 3. The molecule has 0 radical (unpaired) electrons. The van der Waals surface area contributed by atoms with Crippen molar-refractivity contribution in [3.63, 3.8) is 0 Å². The molecule has 0 saturated carbocycles. The quantitative estimate of drug-likeness (QED) is 0.871. The number of carbonyl (C=O) groups is 1. The lowest BCUT2D eigenvalue weighted by Gasteiger charge is -2.20. The average Bonchev–Trinajstić information content (AvgIpc) is 2.24. The number of ether oxygens (including phenoxy) is 1. The van der Waals surface area contributed by atoms with Gasteiger partial charge in [0.1, 0.15) is 11.4 Å². The van der Waals surface area contributed by atoms with Crippen molar-refractivity contribution in [3.05, 3.63) is 35.6 Å². The summed E-state index contributed by atoms with van der Waals surface area (Å²) in [5.74, 6) is -0.504. The van der Waals surface area contributed by atoms with Gasteiger partial charge in [0.05, 0.1) is 12.6 Å². The highest BCUT2D eigenvalue weighted by Crippen LogP contribution is 2.15. The van der Waals surface area contributed by atoms with Crippen LogP contribution in [0.1, 0.15) is 32.4 Å². The van der Waals surface area contributed by atoms with E-state index < -0.39 is 23.6 Å². The zero-order chi connectivity index (χ0) is 13.8. The van der Waals surface area contributed by atoms with E-state index in [0.717, 1.165) is 0 Å². The van der Waals surface area contributed by atoms with Crippen molar-refractivity contribution in [1.29, 1.82) is 0 Å². The molecule has 0 bridgehead atoms. The largest absolute Gasteiger partial charge is 0.444 e. The Kier molecular flexibility index (Phi) is 4.67. The number of alkyl carbamates (subject to hydrolysis) is 1. The van der Waals surface area contributed by atoms with Crippen LogP contribution in [-0.2, 0) is 4.74 Å². The SMILES string of the molecule is CC(C)(C)OC(=O)NCC(O)c1ccccc1F. The first-order valence-corrected chi connectivity index (χ1v) is 5.69. The molecule has 0 heterocycles. The summed E-state index contributed by atoms with van der Waals surface area (Å²) in [5, 5.41) is 12.1. The molecule has 100 valence electrons. The van der Waals surface area contributed by atoms with Gasteiger partial charge in [0.15, 0.2) is 0 Å². The predicted octanol–water partition coefficient (Wildman–Crippen LogP) is 2.38. The summed E-state index contributed by atoms with van der Waals surface area (Å²) in [6.45, 7) is 5.11. The molecule has 5 heteroatoms. The molecule has 18 heavy (non-hydrogen) atoms. The highest BCUT2D eigenvalue weighted by atomic mass is 19.1. The second kappa shape index (κ2) is 5.82. The molecule has 1 rings (SSSR count). The molecule has 0 fully saturated rings. The van der Waals surface area contributed by atoms with Crippen molar-refractivity contribution in [1.82, 2.24) is 5.32 Å². The van der Waals surface area contributed by atoms with Gasteiger partial charge in [-0.3, -0.25) is 0 Å². The van der Waals surface area contributed by atoms with E-state index in [9.17, 15) is 14.3 Å². The lowest BCUT2D eigenvalue weighted by atomic mass is 10.1. The number of amides is 1. The van der Waals surface area contributed by atoms with Crippen LogP contribution in [0.2, 0.25) is 0 Å². The normalized spacial score (nSPS) is 12.9. The topological polar surface area (TPSA) is 58.6 Å². The number of aliphatic hydroxyl groups is 1. The minimum atomic E-state index is -1.10. The number of nitrogens with one attached hydrogen (secondary N) is 1. The number of hydrogen-bond donors (Lipinski definition) is 2. The van der Waals surface area contributed by atoms with Crippen LogP contribution >= 0.6 is 0 Å². The summed E-state index contributed by atoms with van der Waals surface area (Å²) in [7, 11) is 0. The fourth-order valence-electron chi connectivity index (χ4n) is 1.35. The predicted molar refractivity (Wildman–Crippen MR) is 65.6 cm³/mol. The lowest BCUT2D eigenvalue weighted by Crippen LogP contribution is -2.34. The summed E-state index contributed by atoms with van der Waals surface area (Å²) in [5.41, 5.74) is -0.457. The van der Waals surface area contributed by atoms with Gasteiger partial charge in [0.25, 0.3) is 0 Å². The first-order valence-electron chi connectivity index (χ1n) is 5.69. The summed E-state index contributed by atoms with van der Waals surface area (Å²) in [4.78, 5) is 11.3. The molecule has 0 aliphatic carbocycles. The summed E-state index contributed by atoms with van der Waals surface area (Å²) < 4.78 is 18.3. The van der Waals surface area contributed by atoms with E-state index in [-0.39, 0.29) is 12.1 Å². The van der Waals surface area contributed by atoms with Crippen LogP contribution in [0.4, 0.5) is 9.18 Å². The molecule has 2 N–H and O–H groups in total. The first kappa shape index (κ1) is 14.4. The van der Waals surface area contributed by atoms with Gasteiger partial charge in [-0.1, -0.05) is 18.2 Å².